The van der Waals surface area contributed by atoms with Crippen molar-refractivity contribution >= 4 is 11.9 Å². The molecule has 0 spiro atoms. The predicted octanol–water partition coefficient (Wildman–Crippen LogP) is -0.201. The quantitative estimate of drug-likeness (QED) is 0.452. The highest BCUT2D eigenvalue weighted by molar-refractivity contribution is 5.73. The average molecular weight is 233 g/mol. The van der Waals surface area contributed by atoms with Crippen molar-refractivity contribution < 1.29 is 14.7 Å². The Morgan fingerprint density at radius 2 is 1.88 bits per heavy atom. The van der Waals surface area contributed by atoms with Crippen LogP contribution in [0.1, 0.15) is 39.0 Å². The fourth-order valence-electron chi connectivity index (χ4n) is 0.878. The second-order valence-electron chi connectivity index (χ2n) is 3.45. The summed E-state index contributed by atoms with van der Waals surface area (Å²) in [6.07, 6.45) is 3.53. The number of amides is 1. The van der Waals surface area contributed by atoms with Crippen molar-refractivity contribution in [2.75, 3.05) is 6.54 Å². The van der Waals surface area contributed by atoms with E-state index in [1.807, 2.05) is 6.92 Å². The number of primary amides is 1. The molecule has 0 saturated heterocycles. The third-order valence-electron chi connectivity index (χ3n) is 1.78. The van der Waals surface area contributed by atoms with Crippen LogP contribution in [0.15, 0.2) is 0 Å². The SMILES string of the molecule is CCCC(N)=O.NCCCCC(N)C(=O)O. The molecular formula is C10H23N3O3. The normalized spacial score (nSPS) is 11.2. The van der Waals surface area contributed by atoms with Crippen LogP contribution in [-0.4, -0.2) is 29.6 Å². The first-order chi connectivity index (χ1) is 7.45. The maximum Gasteiger partial charge on any atom is 0.320 e. The molecule has 6 nitrogen and oxygen atoms in total. The van der Waals surface area contributed by atoms with E-state index in [9.17, 15) is 9.59 Å². The van der Waals surface area contributed by atoms with Crippen molar-refractivity contribution in [3.05, 3.63) is 0 Å². The molecule has 0 saturated carbocycles. The summed E-state index contributed by atoms with van der Waals surface area (Å²) in [5.41, 5.74) is 15.2. The lowest BCUT2D eigenvalue weighted by molar-refractivity contribution is -0.138. The van der Waals surface area contributed by atoms with Gasteiger partial charge in [-0.1, -0.05) is 13.3 Å². The molecule has 0 aliphatic heterocycles. The van der Waals surface area contributed by atoms with Crippen molar-refractivity contribution in [2.45, 2.75) is 45.1 Å². The number of carboxylic acid groups (broad SMARTS) is 1. The number of carboxylic acids is 1. The first kappa shape index (κ1) is 17.3. The lowest BCUT2D eigenvalue weighted by Crippen LogP contribution is -2.29. The Labute approximate surface area is 96.2 Å². The minimum Gasteiger partial charge on any atom is -0.480 e. The second-order valence-corrected chi connectivity index (χ2v) is 3.45. The number of nitrogens with two attached hydrogens (primary N) is 3. The number of unbranched alkanes of at least 4 members (excludes halogenated alkanes) is 1. The number of carbonyl (C=O) groups is 2. The van der Waals surface area contributed by atoms with Crippen LogP contribution >= 0.6 is 0 Å². The lowest BCUT2D eigenvalue weighted by atomic mass is 10.1. The van der Waals surface area contributed by atoms with Crippen molar-refractivity contribution in [1.29, 1.82) is 0 Å². The van der Waals surface area contributed by atoms with E-state index < -0.39 is 12.0 Å². The fraction of sp³-hybridized carbons (Fsp3) is 0.800. The molecule has 6 heteroatoms. The smallest absolute Gasteiger partial charge is 0.320 e. The molecule has 0 aromatic heterocycles. The van der Waals surface area contributed by atoms with Crippen molar-refractivity contribution in [2.24, 2.45) is 17.2 Å². The highest BCUT2D eigenvalue weighted by atomic mass is 16.4. The summed E-state index contributed by atoms with van der Waals surface area (Å²) in [7, 11) is 0. The molecule has 0 fully saturated rings. The van der Waals surface area contributed by atoms with Gasteiger partial charge in [0.25, 0.3) is 0 Å². The lowest BCUT2D eigenvalue weighted by Gasteiger charge is -2.03. The van der Waals surface area contributed by atoms with Gasteiger partial charge < -0.3 is 22.3 Å². The molecule has 96 valence electrons. The highest BCUT2D eigenvalue weighted by Gasteiger charge is 2.09. The maximum atomic E-state index is 10.1. The van der Waals surface area contributed by atoms with E-state index in [2.05, 4.69) is 0 Å². The summed E-state index contributed by atoms with van der Waals surface area (Å²) in [6, 6.07) is -0.716. The molecule has 1 atom stereocenters. The standard InChI is InChI=1S/C6H14N2O2.C4H9NO/c7-4-2-1-3-5(8)6(9)10;1-2-3-4(5)6/h5H,1-4,7-8H2,(H,9,10);2-3H2,1H3,(H2,5,6). The summed E-state index contributed by atoms with van der Waals surface area (Å²) in [5.74, 6) is -1.14. The zero-order valence-corrected chi connectivity index (χ0v) is 9.82. The molecule has 1 amide bonds. The first-order valence-corrected chi connectivity index (χ1v) is 5.42. The van der Waals surface area contributed by atoms with E-state index >= 15 is 0 Å². The topological polar surface area (TPSA) is 132 Å². The van der Waals surface area contributed by atoms with Crippen molar-refractivity contribution in [1.82, 2.24) is 0 Å². The molecular weight excluding hydrogens is 210 g/mol. The minimum atomic E-state index is -0.933. The van der Waals surface area contributed by atoms with Gasteiger partial charge in [0.1, 0.15) is 6.04 Å². The van der Waals surface area contributed by atoms with E-state index in [4.69, 9.17) is 22.3 Å². The number of aliphatic carboxylic acids is 1. The summed E-state index contributed by atoms with van der Waals surface area (Å²) in [5, 5.41) is 8.33. The van der Waals surface area contributed by atoms with Gasteiger partial charge in [0, 0.05) is 6.42 Å². The van der Waals surface area contributed by atoms with Gasteiger partial charge in [-0.2, -0.15) is 0 Å². The van der Waals surface area contributed by atoms with Gasteiger partial charge >= 0.3 is 5.97 Å². The van der Waals surface area contributed by atoms with Crippen LogP contribution in [0.2, 0.25) is 0 Å². The van der Waals surface area contributed by atoms with Gasteiger partial charge in [-0.05, 0) is 25.8 Å². The number of hydrogen-bond donors (Lipinski definition) is 4. The Hall–Kier alpha value is -1.14. The maximum absolute atomic E-state index is 10.1. The van der Waals surface area contributed by atoms with E-state index in [0.717, 1.165) is 19.3 Å². The molecule has 0 aliphatic carbocycles. The summed E-state index contributed by atoms with van der Waals surface area (Å²) < 4.78 is 0. The molecule has 0 aliphatic rings. The molecule has 7 N–H and O–H groups in total. The number of hydrogen-bond acceptors (Lipinski definition) is 4. The average Bonchev–Trinajstić information content (AvgIpc) is 2.18. The zero-order chi connectivity index (χ0) is 13.0. The predicted molar refractivity (Wildman–Crippen MR) is 62.6 cm³/mol. The first-order valence-electron chi connectivity index (χ1n) is 5.42. The van der Waals surface area contributed by atoms with Gasteiger partial charge in [-0.3, -0.25) is 9.59 Å². The largest absolute Gasteiger partial charge is 0.480 e. The second kappa shape index (κ2) is 11.9. The molecule has 0 radical (unpaired) electrons. The van der Waals surface area contributed by atoms with Crippen LogP contribution in [0, 0.1) is 0 Å². The zero-order valence-electron chi connectivity index (χ0n) is 9.82. The van der Waals surface area contributed by atoms with E-state index in [-0.39, 0.29) is 5.91 Å². The van der Waals surface area contributed by atoms with Crippen LogP contribution in [0.5, 0.6) is 0 Å². The van der Waals surface area contributed by atoms with Gasteiger partial charge in [0.2, 0.25) is 5.91 Å². The molecule has 1 unspecified atom stereocenters. The molecule has 16 heavy (non-hydrogen) atoms. The summed E-state index contributed by atoms with van der Waals surface area (Å²) in [4.78, 5) is 20.0. The van der Waals surface area contributed by atoms with Crippen LogP contribution in [0.3, 0.4) is 0 Å². The Morgan fingerprint density at radius 1 is 1.31 bits per heavy atom. The fourth-order valence-corrected chi connectivity index (χ4v) is 0.878. The van der Waals surface area contributed by atoms with Gasteiger partial charge in [-0.25, -0.2) is 0 Å². The number of carbonyl (C=O) groups excluding carboxylic acids is 1. The van der Waals surface area contributed by atoms with Crippen molar-refractivity contribution in [3.8, 4) is 0 Å². The van der Waals surface area contributed by atoms with E-state index in [0.29, 0.717) is 19.4 Å². The van der Waals surface area contributed by atoms with Crippen LogP contribution < -0.4 is 17.2 Å². The number of rotatable bonds is 7. The molecule has 0 heterocycles. The highest BCUT2D eigenvalue weighted by Crippen LogP contribution is 1.96. The molecule has 0 rings (SSSR count). The minimum absolute atomic E-state index is 0.211. The van der Waals surface area contributed by atoms with Crippen molar-refractivity contribution in [3.63, 3.8) is 0 Å². The molecule has 0 aromatic carbocycles. The molecule has 0 aromatic rings. The van der Waals surface area contributed by atoms with E-state index in [1.165, 1.54) is 0 Å². The summed E-state index contributed by atoms with van der Waals surface area (Å²) in [6.45, 7) is 2.52. The van der Waals surface area contributed by atoms with Crippen LogP contribution in [0.25, 0.3) is 0 Å². The van der Waals surface area contributed by atoms with Gasteiger partial charge in [0.15, 0.2) is 0 Å². The third-order valence-corrected chi connectivity index (χ3v) is 1.78. The summed E-state index contributed by atoms with van der Waals surface area (Å²) >= 11 is 0. The Kier molecular flexibility index (Phi) is 12.9. The Balaban J connectivity index is 0. The third kappa shape index (κ3) is 15.3. The van der Waals surface area contributed by atoms with E-state index in [1.54, 1.807) is 0 Å². The monoisotopic (exact) mass is 233 g/mol. The van der Waals surface area contributed by atoms with Crippen LogP contribution in [0.4, 0.5) is 0 Å². The van der Waals surface area contributed by atoms with Crippen LogP contribution in [-0.2, 0) is 9.59 Å². The molecule has 0 bridgehead atoms. The Bertz CT molecular complexity index is 198. The van der Waals surface area contributed by atoms with Gasteiger partial charge in [0.05, 0.1) is 0 Å². The Morgan fingerprint density at radius 3 is 2.12 bits per heavy atom. The van der Waals surface area contributed by atoms with Gasteiger partial charge in [-0.15, -0.1) is 0 Å².